The van der Waals surface area contributed by atoms with E-state index in [-0.39, 0.29) is 5.78 Å². The fraction of sp³-hybridized carbons (Fsp3) is 0.588. The predicted molar refractivity (Wildman–Crippen MR) is 78.9 cm³/mol. The molecule has 0 bridgehead atoms. The lowest BCUT2D eigenvalue weighted by Gasteiger charge is -2.36. The van der Waals surface area contributed by atoms with Crippen LogP contribution >= 0.6 is 0 Å². The Hall–Kier alpha value is -1.19. The van der Waals surface area contributed by atoms with E-state index in [1.807, 2.05) is 18.2 Å². The molecule has 3 heteroatoms. The number of Topliss-reactive ketones (excluding diaryl/α,β-unsaturated/α-hetero) is 1. The fourth-order valence-electron chi connectivity index (χ4n) is 3.35. The molecular weight excluding hydrogens is 250 g/mol. The maximum Gasteiger partial charge on any atom is 0.170 e. The van der Waals surface area contributed by atoms with Crippen LogP contribution in [-0.2, 0) is 4.74 Å². The van der Waals surface area contributed by atoms with Crippen LogP contribution in [0.2, 0.25) is 0 Å². The molecule has 2 fully saturated rings. The molecule has 0 unspecified atom stereocenters. The van der Waals surface area contributed by atoms with Crippen molar-refractivity contribution in [2.45, 2.75) is 38.0 Å². The van der Waals surface area contributed by atoms with Gasteiger partial charge >= 0.3 is 0 Å². The molecular formula is C17H23NO2. The normalized spacial score (nSPS) is 22.2. The standard InChI is InChI=1S/C17H23NO2/c18-12-17(8-10-20-11-9-17)16(19)15-7-2-1-6-14(15)13-4-3-5-13/h1-2,6-7,13H,3-5,8-12,18H2. The third-order valence-corrected chi connectivity index (χ3v) is 5.07. The quantitative estimate of drug-likeness (QED) is 0.858. The van der Waals surface area contributed by atoms with E-state index in [0.717, 1.165) is 18.4 Å². The van der Waals surface area contributed by atoms with Gasteiger partial charge in [-0.2, -0.15) is 0 Å². The van der Waals surface area contributed by atoms with Crippen LogP contribution in [0.15, 0.2) is 24.3 Å². The molecule has 1 aliphatic carbocycles. The summed E-state index contributed by atoms with van der Waals surface area (Å²) in [6, 6.07) is 8.13. The Morgan fingerprint density at radius 2 is 1.95 bits per heavy atom. The van der Waals surface area contributed by atoms with Crippen molar-refractivity contribution >= 4 is 5.78 Å². The van der Waals surface area contributed by atoms with Crippen LogP contribution in [0.4, 0.5) is 0 Å². The molecule has 0 spiro atoms. The second kappa shape index (κ2) is 5.66. The molecule has 3 rings (SSSR count). The van der Waals surface area contributed by atoms with Gasteiger partial charge in [0.1, 0.15) is 0 Å². The lowest BCUT2D eigenvalue weighted by Crippen LogP contribution is -2.43. The van der Waals surface area contributed by atoms with Crippen molar-refractivity contribution in [3.63, 3.8) is 0 Å². The predicted octanol–water partition coefficient (Wildman–Crippen LogP) is 2.89. The Balaban J connectivity index is 1.93. The van der Waals surface area contributed by atoms with E-state index in [4.69, 9.17) is 10.5 Å². The molecule has 1 saturated carbocycles. The van der Waals surface area contributed by atoms with Crippen LogP contribution in [0, 0.1) is 5.41 Å². The number of carbonyl (C=O) groups is 1. The number of nitrogens with two attached hydrogens (primary N) is 1. The summed E-state index contributed by atoms with van der Waals surface area (Å²) in [6.07, 6.45) is 5.21. The summed E-state index contributed by atoms with van der Waals surface area (Å²) >= 11 is 0. The lowest BCUT2D eigenvalue weighted by molar-refractivity contribution is 0.0199. The first kappa shape index (κ1) is 13.8. The molecule has 0 amide bonds. The van der Waals surface area contributed by atoms with E-state index in [1.165, 1.54) is 24.8 Å². The Bertz CT molecular complexity index is 488. The van der Waals surface area contributed by atoms with Crippen molar-refractivity contribution in [1.29, 1.82) is 0 Å². The van der Waals surface area contributed by atoms with Crippen LogP contribution in [0.5, 0.6) is 0 Å². The van der Waals surface area contributed by atoms with Gasteiger partial charge in [-0.05, 0) is 37.2 Å². The highest BCUT2D eigenvalue weighted by Crippen LogP contribution is 2.41. The highest BCUT2D eigenvalue weighted by molar-refractivity contribution is 6.02. The van der Waals surface area contributed by atoms with Crippen molar-refractivity contribution < 1.29 is 9.53 Å². The van der Waals surface area contributed by atoms with Crippen LogP contribution in [-0.4, -0.2) is 25.5 Å². The van der Waals surface area contributed by atoms with Crippen molar-refractivity contribution in [2.24, 2.45) is 11.1 Å². The smallest absolute Gasteiger partial charge is 0.170 e. The molecule has 2 N–H and O–H groups in total. The van der Waals surface area contributed by atoms with Gasteiger partial charge in [0, 0.05) is 25.3 Å². The van der Waals surface area contributed by atoms with Crippen LogP contribution in [0.1, 0.15) is 53.9 Å². The van der Waals surface area contributed by atoms with Gasteiger partial charge in [-0.25, -0.2) is 0 Å². The monoisotopic (exact) mass is 273 g/mol. The molecule has 1 heterocycles. The van der Waals surface area contributed by atoms with Crippen molar-refractivity contribution in [3.8, 4) is 0 Å². The molecule has 1 aromatic rings. The minimum atomic E-state index is -0.405. The molecule has 1 aromatic carbocycles. The van der Waals surface area contributed by atoms with Gasteiger partial charge in [0.05, 0.1) is 5.41 Å². The van der Waals surface area contributed by atoms with Gasteiger partial charge in [0.2, 0.25) is 0 Å². The summed E-state index contributed by atoms with van der Waals surface area (Å²) in [7, 11) is 0. The number of benzene rings is 1. The van der Waals surface area contributed by atoms with E-state index in [9.17, 15) is 4.79 Å². The van der Waals surface area contributed by atoms with Crippen LogP contribution in [0.25, 0.3) is 0 Å². The maximum absolute atomic E-state index is 13.1. The topological polar surface area (TPSA) is 52.3 Å². The zero-order valence-corrected chi connectivity index (χ0v) is 11.9. The molecule has 0 radical (unpaired) electrons. The first-order valence-corrected chi connectivity index (χ1v) is 7.68. The van der Waals surface area contributed by atoms with Crippen LogP contribution < -0.4 is 5.73 Å². The van der Waals surface area contributed by atoms with E-state index < -0.39 is 5.41 Å². The highest BCUT2D eigenvalue weighted by Gasteiger charge is 2.40. The van der Waals surface area contributed by atoms with Crippen molar-refractivity contribution in [2.75, 3.05) is 19.8 Å². The summed E-state index contributed by atoms with van der Waals surface area (Å²) in [4.78, 5) is 13.1. The van der Waals surface area contributed by atoms with Crippen molar-refractivity contribution in [3.05, 3.63) is 35.4 Å². The number of hydrogen-bond acceptors (Lipinski definition) is 3. The molecule has 20 heavy (non-hydrogen) atoms. The van der Waals surface area contributed by atoms with E-state index in [2.05, 4.69) is 6.07 Å². The lowest BCUT2D eigenvalue weighted by atomic mass is 9.70. The average Bonchev–Trinajstić information content (AvgIpc) is 2.46. The minimum absolute atomic E-state index is 0.241. The largest absolute Gasteiger partial charge is 0.381 e. The summed E-state index contributed by atoms with van der Waals surface area (Å²) in [5.41, 5.74) is 7.71. The SMILES string of the molecule is NCC1(C(=O)c2ccccc2C2CCC2)CCOCC1. The summed E-state index contributed by atoms with van der Waals surface area (Å²) in [6.45, 7) is 1.72. The first-order chi connectivity index (χ1) is 9.77. The molecule has 108 valence electrons. The summed E-state index contributed by atoms with van der Waals surface area (Å²) < 4.78 is 5.41. The van der Waals surface area contributed by atoms with E-state index in [0.29, 0.717) is 25.7 Å². The Kier molecular flexibility index (Phi) is 3.90. The average molecular weight is 273 g/mol. The third-order valence-electron chi connectivity index (χ3n) is 5.07. The van der Waals surface area contributed by atoms with Crippen LogP contribution in [0.3, 0.4) is 0 Å². The second-order valence-corrected chi connectivity index (χ2v) is 6.14. The van der Waals surface area contributed by atoms with Gasteiger partial charge in [0.25, 0.3) is 0 Å². The van der Waals surface area contributed by atoms with E-state index in [1.54, 1.807) is 0 Å². The number of hydrogen-bond donors (Lipinski definition) is 1. The molecule has 1 saturated heterocycles. The van der Waals surface area contributed by atoms with E-state index >= 15 is 0 Å². The molecule has 0 atom stereocenters. The Morgan fingerprint density at radius 3 is 2.55 bits per heavy atom. The van der Waals surface area contributed by atoms with Gasteiger partial charge < -0.3 is 10.5 Å². The summed E-state index contributed by atoms with van der Waals surface area (Å²) in [5, 5.41) is 0. The zero-order valence-electron chi connectivity index (χ0n) is 11.9. The maximum atomic E-state index is 13.1. The fourth-order valence-corrected chi connectivity index (χ4v) is 3.35. The number of rotatable bonds is 4. The molecule has 2 aliphatic rings. The van der Waals surface area contributed by atoms with Crippen molar-refractivity contribution in [1.82, 2.24) is 0 Å². The van der Waals surface area contributed by atoms with Gasteiger partial charge in [-0.15, -0.1) is 0 Å². The van der Waals surface area contributed by atoms with Gasteiger partial charge in [-0.1, -0.05) is 30.7 Å². The molecule has 0 aromatic heterocycles. The number of ether oxygens (including phenoxy) is 1. The number of carbonyl (C=O) groups excluding carboxylic acids is 1. The van der Waals surface area contributed by atoms with Gasteiger partial charge in [-0.3, -0.25) is 4.79 Å². The minimum Gasteiger partial charge on any atom is -0.381 e. The molecule has 1 aliphatic heterocycles. The Labute approximate surface area is 120 Å². The third kappa shape index (κ3) is 2.29. The van der Waals surface area contributed by atoms with Gasteiger partial charge in [0.15, 0.2) is 5.78 Å². The zero-order chi connectivity index (χ0) is 14.0. The highest BCUT2D eigenvalue weighted by atomic mass is 16.5. The number of ketones is 1. The summed E-state index contributed by atoms with van der Waals surface area (Å²) in [5.74, 6) is 0.815. The molecule has 3 nitrogen and oxygen atoms in total. The second-order valence-electron chi connectivity index (χ2n) is 6.14. The first-order valence-electron chi connectivity index (χ1n) is 7.68. The Morgan fingerprint density at radius 1 is 1.25 bits per heavy atom.